The molecular weight excluding hydrogens is 222 g/mol. The van der Waals surface area contributed by atoms with Gasteiger partial charge in [-0.3, -0.25) is 0 Å². The van der Waals surface area contributed by atoms with Crippen LogP contribution in [0.3, 0.4) is 0 Å². The summed E-state index contributed by atoms with van der Waals surface area (Å²) in [5, 5.41) is 15.1. The van der Waals surface area contributed by atoms with Crippen molar-refractivity contribution in [2.45, 2.75) is 24.9 Å². The van der Waals surface area contributed by atoms with E-state index in [4.69, 9.17) is 11.6 Å². The van der Waals surface area contributed by atoms with Gasteiger partial charge in [0.25, 0.3) is 0 Å². The van der Waals surface area contributed by atoms with E-state index in [9.17, 15) is 5.11 Å². The van der Waals surface area contributed by atoms with Crippen LogP contribution < -0.4 is 5.32 Å². The second kappa shape index (κ2) is 3.46. The van der Waals surface area contributed by atoms with Crippen molar-refractivity contribution >= 4 is 11.6 Å². The molecule has 86 valence electrons. The lowest BCUT2D eigenvalue weighted by molar-refractivity contribution is -0.0612. The maximum Gasteiger partial charge on any atom is 0.0976 e. The fourth-order valence-electron chi connectivity index (χ4n) is 2.93. The van der Waals surface area contributed by atoms with Crippen molar-refractivity contribution in [1.29, 1.82) is 0 Å². The molecule has 1 aliphatic heterocycles. The summed E-state index contributed by atoms with van der Waals surface area (Å²) in [7, 11) is 0. The van der Waals surface area contributed by atoms with Crippen LogP contribution in [0.5, 0.6) is 0 Å². The zero-order chi connectivity index (χ0) is 11.2. The molecule has 1 aliphatic carbocycles. The fraction of sp³-hybridized carbons (Fsp3) is 0.538. The normalized spacial score (nSPS) is 31.6. The van der Waals surface area contributed by atoms with Gasteiger partial charge < -0.3 is 10.4 Å². The molecule has 3 heteroatoms. The number of rotatable bonds is 1. The summed E-state index contributed by atoms with van der Waals surface area (Å²) < 4.78 is 0. The average molecular weight is 238 g/mol. The number of hydrogen-bond acceptors (Lipinski definition) is 2. The summed E-state index contributed by atoms with van der Waals surface area (Å²) in [5.74, 6) is 0. The third-order valence-corrected chi connectivity index (χ3v) is 4.43. The van der Waals surface area contributed by atoms with E-state index in [2.05, 4.69) is 5.32 Å². The van der Waals surface area contributed by atoms with Crippen LogP contribution in [0.25, 0.3) is 0 Å². The maximum absolute atomic E-state index is 10.9. The molecule has 1 saturated heterocycles. The van der Waals surface area contributed by atoms with E-state index in [0.29, 0.717) is 0 Å². The van der Waals surface area contributed by atoms with Gasteiger partial charge in [-0.2, -0.15) is 0 Å². The molecule has 0 bridgehead atoms. The molecule has 2 N–H and O–H groups in total. The van der Waals surface area contributed by atoms with Crippen LogP contribution in [-0.2, 0) is 5.60 Å². The summed E-state index contributed by atoms with van der Waals surface area (Å²) >= 11 is 5.89. The second-order valence-corrected chi connectivity index (χ2v) is 5.51. The Morgan fingerprint density at radius 1 is 1.12 bits per heavy atom. The summed E-state index contributed by atoms with van der Waals surface area (Å²) in [6.07, 6.45) is 3.05. The maximum atomic E-state index is 10.9. The third-order valence-electron chi connectivity index (χ3n) is 4.18. The number of halogens is 1. The standard InChI is InChI=1S/C13H16ClNO/c14-11-3-1-10(2-4-11)13(16)7-8-15-9-12(13)5-6-12/h1-4,15-16H,5-9H2. The van der Waals surface area contributed by atoms with Gasteiger partial charge in [0.15, 0.2) is 0 Å². The second-order valence-electron chi connectivity index (χ2n) is 5.07. The van der Waals surface area contributed by atoms with Crippen molar-refractivity contribution in [3.8, 4) is 0 Å². The van der Waals surface area contributed by atoms with Crippen LogP contribution in [-0.4, -0.2) is 18.2 Å². The number of aliphatic hydroxyl groups is 1. The van der Waals surface area contributed by atoms with E-state index in [-0.39, 0.29) is 5.41 Å². The van der Waals surface area contributed by atoms with Gasteiger partial charge >= 0.3 is 0 Å². The number of hydrogen-bond donors (Lipinski definition) is 2. The zero-order valence-corrected chi connectivity index (χ0v) is 9.93. The number of nitrogens with one attached hydrogen (secondary N) is 1. The Morgan fingerprint density at radius 3 is 2.44 bits per heavy atom. The van der Waals surface area contributed by atoms with E-state index in [1.807, 2.05) is 24.3 Å². The minimum absolute atomic E-state index is 0.0824. The molecule has 1 aromatic rings. The number of benzene rings is 1. The molecule has 1 unspecified atom stereocenters. The predicted octanol–water partition coefficient (Wildman–Crippen LogP) is 2.30. The molecule has 2 nitrogen and oxygen atoms in total. The summed E-state index contributed by atoms with van der Waals surface area (Å²) in [5.41, 5.74) is 0.456. The molecule has 0 radical (unpaired) electrons. The van der Waals surface area contributed by atoms with E-state index < -0.39 is 5.60 Å². The highest BCUT2D eigenvalue weighted by atomic mass is 35.5. The highest BCUT2D eigenvalue weighted by molar-refractivity contribution is 6.30. The molecule has 1 saturated carbocycles. The van der Waals surface area contributed by atoms with Gasteiger partial charge in [-0.05, 0) is 43.5 Å². The minimum Gasteiger partial charge on any atom is -0.384 e. The van der Waals surface area contributed by atoms with E-state index in [1.54, 1.807) is 0 Å². The molecule has 0 aromatic heterocycles. The van der Waals surface area contributed by atoms with Gasteiger partial charge in [0, 0.05) is 17.0 Å². The first-order valence-electron chi connectivity index (χ1n) is 5.86. The van der Waals surface area contributed by atoms with Crippen molar-refractivity contribution in [1.82, 2.24) is 5.32 Å². The van der Waals surface area contributed by atoms with Crippen molar-refractivity contribution in [3.05, 3.63) is 34.9 Å². The monoisotopic (exact) mass is 237 g/mol. The first-order chi connectivity index (χ1) is 7.66. The Morgan fingerprint density at radius 2 is 1.81 bits per heavy atom. The van der Waals surface area contributed by atoms with Crippen molar-refractivity contribution < 1.29 is 5.11 Å². The molecule has 1 spiro atoms. The lowest BCUT2D eigenvalue weighted by Crippen LogP contribution is -2.49. The van der Waals surface area contributed by atoms with E-state index in [0.717, 1.165) is 42.9 Å². The van der Waals surface area contributed by atoms with Crippen LogP contribution in [0.2, 0.25) is 5.02 Å². The summed E-state index contributed by atoms with van der Waals surface area (Å²) in [4.78, 5) is 0. The van der Waals surface area contributed by atoms with Crippen LogP contribution in [0.4, 0.5) is 0 Å². The Hall–Kier alpha value is -0.570. The predicted molar refractivity (Wildman–Crippen MR) is 64.5 cm³/mol. The first-order valence-corrected chi connectivity index (χ1v) is 6.23. The Bertz CT molecular complexity index is 399. The SMILES string of the molecule is OC1(c2ccc(Cl)cc2)CCNCC12CC2. The van der Waals surface area contributed by atoms with Gasteiger partial charge in [-0.15, -0.1) is 0 Å². The zero-order valence-electron chi connectivity index (χ0n) is 9.17. The molecule has 1 aromatic carbocycles. The van der Waals surface area contributed by atoms with Crippen molar-refractivity contribution in [2.75, 3.05) is 13.1 Å². The summed E-state index contributed by atoms with van der Waals surface area (Å²) in [6.45, 7) is 1.83. The fourth-order valence-corrected chi connectivity index (χ4v) is 3.05. The van der Waals surface area contributed by atoms with Gasteiger partial charge in [-0.1, -0.05) is 23.7 Å². The van der Waals surface area contributed by atoms with Crippen molar-refractivity contribution in [2.24, 2.45) is 5.41 Å². The molecule has 3 rings (SSSR count). The highest BCUT2D eigenvalue weighted by Crippen LogP contribution is 2.60. The van der Waals surface area contributed by atoms with Crippen LogP contribution in [0.1, 0.15) is 24.8 Å². The largest absolute Gasteiger partial charge is 0.384 e. The minimum atomic E-state index is -0.650. The Kier molecular flexibility index (Phi) is 2.29. The molecule has 16 heavy (non-hydrogen) atoms. The van der Waals surface area contributed by atoms with Gasteiger partial charge in [0.05, 0.1) is 5.60 Å². The lowest BCUT2D eigenvalue weighted by atomic mass is 9.74. The van der Waals surface area contributed by atoms with Gasteiger partial charge in [0.2, 0.25) is 0 Å². The van der Waals surface area contributed by atoms with Gasteiger partial charge in [0.1, 0.15) is 0 Å². The quantitative estimate of drug-likeness (QED) is 0.786. The lowest BCUT2D eigenvalue weighted by Gasteiger charge is -2.41. The van der Waals surface area contributed by atoms with Crippen LogP contribution in [0.15, 0.2) is 24.3 Å². The molecule has 1 heterocycles. The summed E-state index contributed by atoms with van der Waals surface area (Å²) in [6, 6.07) is 7.67. The Labute approximate surface area is 101 Å². The smallest absolute Gasteiger partial charge is 0.0976 e. The van der Waals surface area contributed by atoms with E-state index in [1.165, 1.54) is 0 Å². The van der Waals surface area contributed by atoms with Gasteiger partial charge in [-0.25, -0.2) is 0 Å². The number of piperidine rings is 1. The molecule has 2 fully saturated rings. The molecular formula is C13H16ClNO. The van der Waals surface area contributed by atoms with E-state index >= 15 is 0 Å². The molecule has 0 amide bonds. The van der Waals surface area contributed by atoms with Crippen LogP contribution >= 0.6 is 11.6 Å². The van der Waals surface area contributed by atoms with Crippen LogP contribution in [0, 0.1) is 5.41 Å². The Balaban J connectivity index is 1.99. The first kappa shape index (κ1) is 10.6. The van der Waals surface area contributed by atoms with Crippen molar-refractivity contribution in [3.63, 3.8) is 0 Å². The highest BCUT2D eigenvalue weighted by Gasteiger charge is 2.60. The topological polar surface area (TPSA) is 32.3 Å². The average Bonchev–Trinajstić information content (AvgIpc) is 3.05. The third kappa shape index (κ3) is 1.41. The molecule has 2 aliphatic rings. The molecule has 1 atom stereocenters.